The molecule has 0 aliphatic carbocycles. The summed E-state index contributed by atoms with van der Waals surface area (Å²) < 4.78 is 52.5. The Hall–Kier alpha value is -3.76. The first-order valence-corrected chi connectivity index (χ1v) is 8.65. The zero-order chi connectivity index (χ0) is 21.5. The van der Waals surface area contributed by atoms with Crippen molar-refractivity contribution in [3.63, 3.8) is 0 Å². The minimum absolute atomic E-state index is 0.0466. The molecule has 0 radical (unpaired) electrons. The number of carbonyl (C=O) groups excluding carboxylic acids is 2. The van der Waals surface area contributed by atoms with E-state index >= 15 is 0 Å². The maximum atomic E-state index is 13.5. The summed E-state index contributed by atoms with van der Waals surface area (Å²) in [5.74, 6) is -3.37. The Balaban J connectivity index is 1.83. The van der Waals surface area contributed by atoms with Crippen LogP contribution in [-0.2, 0) is 11.2 Å². The molecule has 3 aromatic rings. The summed E-state index contributed by atoms with van der Waals surface area (Å²) in [6.45, 7) is 0.164. The molecule has 1 aliphatic heterocycles. The van der Waals surface area contributed by atoms with Crippen molar-refractivity contribution < 1.29 is 32.0 Å². The van der Waals surface area contributed by atoms with Crippen LogP contribution in [0.15, 0.2) is 42.6 Å². The fourth-order valence-electron chi connectivity index (χ4n) is 3.04. The average Bonchev–Trinajstić information content (AvgIpc) is 3.07. The van der Waals surface area contributed by atoms with E-state index in [1.165, 1.54) is 36.5 Å². The minimum Gasteiger partial charge on any atom is -0.352 e. The number of fused-ring (bicyclic) bond motifs is 1. The highest BCUT2D eigenvalue weighted by molar-refractivity contribution is 5.98. The first-order chi connectivity index (χ1) is 14.2. The lowest BCUT2D eigenvalue weighted by Crippen LogP contribution is -2.37. The molecule has 7 nitrogen and oxygen atoms in total. The number of alkyl halides is 3. The van der Waals surface area contributed by atoms with Crippen molar-refractivity contribution in [1.82, 2.24) is 20.0 Å². The topological polar surface area (TPSA) is 86.1 Å². The van der Waals surface area contributed by atoms with Gasteiger partial charge in [0.05, 0.1) is 17.0 Å². The van der Waals surface area contributed by atoms with Crippen LogP contribution in [0.2, 0.25) is 0 Å². The Morgan fingerprint density at radius 3 is 2.73 bits per heavy atom. The van der Waals surface area contributed by atoms with E-state index in [9.17, 15) is 27.2 Å². The minimum atomic E-state index is -5.23. The fourth-order valence-corrected chi connectivity index (χ4v) is 3.04. The molecule has 4 rings (SSSR count). The van der Waals surface area contributed by atoms with Crippen molar-refractivity contribution in [2.24, 2.45) is 0 Å². The number of halogens is 4. The van der Waals surface area contributed by atoms with Crippen LogP contribution in [0.25, 0.3) is 22.8 Å². The third-order valence-corrected chi connectivity index (χ3v) is 4.35. The van der Waals surface area contributed by atoms with Crippen LogP contribution >= 0.6 is 0 Å². The second-order valence-electron chi connectivity index (χ2n) is 6.34. The molecule has 0 bridgehead atoms. The molecule has 1 N–H and O–H groups in total. The zero-order valence-corrected chi connectivity index (χ0v) is 15.0. The molecule has 1 aromatic carbocycles. The molecule has 11 heteroatoms. The molecular formula is C19H12F4N4O3. The second kappa shape index (κ2) is 7.25. The molecular weight excluding hydrogens is 408 g/mol. The van der Waals surface area contributed by atoms with Crippen molar-refractivity contribution in [1.29, 1.82) is 0 Å². The number of rotatable bonds is 3. The summed E-state index contributed by atoms with van der Waals surface area (Å²) in [6, 6.07) is 8.10. The Labute approximate surface area is 166 Å². The predicted octanol–water partition coefficient (Wildman–Crippen LogP) is 2.55. The lowest BCUT2D eigenvalue weighted by atomic mass is 10.1. The predicted molar refractivity (Wildman–Crippen MR) is 94.5 cm³/mol. The van der Waals surface area contributed by atoms with E-state index in [1.54, 1.807) is 6.07 Å². The van der Waals surface area contributed by atoms with Crippen LogP contribution in [0.4, 0.5) is 17.6 Å². The monoisotopic (exact) mass is 420 g/mol. The highest BCUT2D eigenvalue weighted by Crippen LogP contribution is 2.28. The molecule has 0 saturated heterocycles. The van der Waals surface area contributed by atoms with E-state index in [1.807, 2.05) is 0 Å². The van der Waals surface area contributed by atoms with Crippen molar-refractivity contribution in [2.45, 2.75) is 12.6 Å². The summed E-state index contributed by atoms with van der Waals surface area (Å²) in [5.41, 5.74) is 0.551. The highest BCUT2D eigenvalue weighted by atomic mass is 19.4. The number of benzene rings is 1. The number of nitrogens with zero attached hydrogens (tertiary/aromatic N) is 3. The van der Waals surface area contributed by atoms with Gasteiger partial charge in [0, 0.05) is 24.7 Å². The molecule has 0 atom stereocenters. The van der Waals surface area contributed by atoms with Gasteiger partial charge in [-0.3, -0.25) is 4.79 Å². The molecule has 2 aromatic heterocycles. The number of hydrogen-bond acceptors (Lipinski definition) is 5. The van der Waals surface area contributed by atoms with Crippen LogP contribution in [0.3, 0.4) is 0 Å². The van der Waals surface area contributed by atoms with Crippen molar-refractivity contribution in [2.75, 3.05) is 6.54 Å². The summed E-state index contributed by atoms with van der Waals surface area (Å²) >= 11 is 0. The van der Waals surface area contributed by atoms with Gasteiger partial charge in [0.25, 0.3) is 5.91 Å². The lowest BCUT2D eigenvalue weighted by Gasteiger charge is -2.17. The van der Waals surface area contributed by atoms with Gasteiger partial charge >= 0.3 is 12.1 Å². The van der Waals surface area contributed by atoms with E-state index in [4.69, 9.17) is 0 Å². The van der Waals surface area contributed by atoms with Gasteiger partial charge in [-0.15, -0.1) is 0 Å². The van der Waals surface area contributed by atoms with Crippen molar-refractivity contribution in [3.05, 3.63) is 59.7 Å². The number of carbonyl (C=O) groups is 2. The molecule has 0 spiro atoms. The van der Waals surface area contributed by atoms with Crippen LogP contribution in [0.5, 0.6) is 0 Å². The van der Waals surface area contributed by atoms with Gasteiger partial charge in [-0.25, -0.2) is 19.2 Å². The van der Waals surface area contributed by atoms with E-state index < -0.39 is 23.9 Å². The summed E-state index contributed by atoms with van der Waals surface area (Å²) in [6.07, 6.45) is -3.76. The molecule has 0 unspecified atom stereocenters. The molecule has 0 saturated carbocycles. The van der Waals surface area contributed by atoms with Crippen molar-refractivity contribution in [3.8, 4) is 22.8 Å². The average molecular weight is 420 g/mol. The maximum Gasteiger partial charge on any atom is 0.493 e. The molecule has 30 heavy (non-hydrogen) atoms. The van der Waals surface area contributed by atoms with E-state index in [-0.39, 0.29) is 41.4 Å². The van der Waals surface area contributed by atoms with Crippen LogP contribution in [0, 0.1) is 5.82 Å². The molecule has 3 heterocycles. The Morgan fingerprint density at radius 1 is 1.20 bits per heavy atom. The molecule has 0 fully saturated rings. The number of amides is 1. The van der Waals surface area contributed by atoms with E-state index in [2.05, 4.69) is 20.1 Å². The Kier molecular flexibility index (Phi) is 4.72. The Morgan fingerprint density at radius 2 is 2.00 bits per heavy atom. The van der Waals surface area contributed by atoms with Gasteiger partial charge < -0.3 is 10.2 Å². The quantitative estimate of drug-likeness (QED) is 0.659. The normalized spacial score (nSPS) is 13.5. The number of hydrogen-bond donors (Lipinski definition) is 1. The molecule has 154 valence electrons. The van der Waals surface area contributed by atoms with Crippen LogP contribution in [0.1, 0.15) is 16.1 Å². The van der Waals surface area contributed by atoms with Crippen LogP contribution in [-0.4, -0.2) is 39.3 Å². The fraction of sp³-hybridized carbons (Fsp3) is 0.158. The molecule has 1 amide bonds. The summed E-state index contributed by atoms with van der Waals surface area (Å²) in [7, 11) is 0. The van der Waals surface area contributed by atoms with Gasteiger partial charge in [0.2, 0.25) is 0 Å². The van der Waals surface area contributed by atoms with Gasteiger partial charge in [0.1, 0.15) is 11.5 Å². The standard InChI is InChI=1S/C19H12F4N4O3/c20-11-3-1-2-10(8-11)16-24-6-4-13(26-16)15-9-12-14(5-7-25-17(12)28)27(15)30-18(29)19(21,22)23/h1-4,6,8-9H,5,7H2,(H,25,28). The van der Waals surface area contributed by atoms with Gasteiger partial charge in [-0.05, 0) is 24.3 Å². The van der Waals surface area contributed by atoms with Gasteiger partial charge in [-0.1, -0.05) is 12.1 Å². The lowest BCUT2D eigenvalue weighted by molar-refractivity contribution is -0.199. The Bertz CT molecular complexity index is 1160. The van der Waals surface area contributed by atoms with Gasteiger partial charge in [-0.2, -0.15) is 17.9 Å². The first kappa shape index (κ1) is 19.6. The zero-order valence-electron chi connectivity index (χ0n) is 15.0. The smallest absolute Gasteiger partial charge is 0.352 e. The number of nitrogens with one attached hydrogen (secondary N) is 1. The first-order valence-electron chi connectivity index (χ1n) is 8.65. The second-order valence-corrected chi connectivity index (χ2v) is 6.34. The maximum absolute atomic E-state index is 13.5. The highest BCUT2D eigenvalue weighted by Gasteiger charge is 2.43. The SMILES string of the molecule is O=C1NCCc2c1cc(-c1ccnc(-c3cccc(F)c3)n1)n2OC(=O)C(F)(F)F. The van der Waals surface area contributed by atoms with E-state index in [0.29, 0.717) is 10.3 Å². The van der Waals surface area contributed by atoms with Crippen LogP contribution < -0.4 is 10.2 Å². The third-order valence-electron chi connectivity index (χ3n) is 4.35. The third kappa shape index (κ3) is 3.61. The van der Waals surface area contributed by atoms with E-state index in [0.717, 1.165) is 0 Å². The van der Waals surface area contributed by atoms with Gasteiger partial charge in [0.15, 0.2) is 5.82 Å². The number of aromatic nitrogens is 3. The summed E-state index contributed by atoms with van der Waals surface area (Å²) in [5, 5.41) is 2.57. The molecule has 1 aliphatic rings. The van der Waals surface area contributed by atoms with Crippen molar-refractivity contribution >= 4 is 11.9 Å². The summed E-state index contributed by atoms with van der Waals surface area (Å²) in [4.78, 5) is 36.5. The largest absolute Gasteiger partial charge is 0.493 e.